The predicted molar refractivity (Wildman–Crippen MR) is 65.4 cm³/mol. The molecule has 8 heteroatoms. The summed E-state index contributed by atoms with van der Waals surface area (Å²) in [5.74, 6) is -10.3. The van der Waals surface area contributed by atoms with Crippen molar-refractivity contribution in [3.63, 3.8) is 0 Å². The first kappa shape index (κ1) is 14.4. The summed E-state index contributed by atoms with van der Waals surface area (Å²) in [4.78, 5) is 0. The van der Waals surface area contributed by atoms with Gasteiger partial charge in [-0.1, -0.05) is 17.7 Å². The van der Waals surface area contributed by atoms with Crippen molar-refractivity contribution in [2.75, 3.05) is 11.1 Å². The van der Waals surface area contributed by atoms with E-state index in [-0.39, 0.29) is 16.4 Å². The van der Waals surface area contributed by atoms with E-state index in [1.54, 1.807) is 0 Å². The van der Waals surface area contributed by atoms with Gasteiger partial charge in [0.05, 0.1) is 16.4 Å². The highest BCUT2D eigenvalue weighted by molar-refractivity contribution is 6.33. The zero-order valence-corrected chi connectivity index (χ0v) is 10.3. The van der Waals surface area contributed by atoms with E-state index in [1.165, 1.54) is 18.2 Å². The lowest BCUT2D eigenvalue weighted by molar-refractivity contribution is 0.382. The standard InChI is InChI=1S/C12H6ClF5N2/c13-4-2-1-3-5(11(4)19)20-12-9(17)7(15)6(14)8(16)10(12)18/h1-3,20H,19H2. The Morgan fingerprint density at radius 3 is 1.90 bits per heavy atom. The Balaban J connectivity index is 2.57. The Bertz CT molecular complexity index is 661. The fourth-order valence-electron chi connectivity index (χ4n) is 1.50. The van der Waals surface area contributed by atoms with Gasteiger partial charge in [0.15, 0.2) is 23.3 Å². The molecular weight excluding hydrogens is 303 g/mol. The van der Waals surface area contributed by atoms with E-state index >= 15 is 0 Å². The molecular formula is C12H6ClF5N2. The Labute approximate surface area is 115 Å². The van der Waals surface area contributed by atoms with Crippen LogP contribution >= 0.6 is 11.6 Å². The van der Waals surface area contributed by atoms with Gasteiger partial charge < -0.3 is 11.1 Å². The molecule has 2 nitrogen and oxygen atoms in total. The predicted octanol–water partition coefficient (Wildman–Crippen LogP) is 4.36. The molecule has 0 spiro atoms. The number of hydrogen-bond donors (Lipinski definition) is 2. The Morgan fingerprint density at radius 1 is 0.850 bits per heavy atom. The number of halogens is 6. The molecule has 20 heavy (non-hydrogen) atoms. The third-order valence-corrected chi connectivity index (χ3v) is 2.85. The molecule has 0 heterocycles. The van der Waals surface area contributed by atoms with Gasteiger partial charge in [0, 0.05) is 0 Å². The van der Waals surface area contributed by atoms with Gasteiger partial charge in [-0.05, 0) is 12.1 Å². The quantitative estimate of drug-likeness (QED) is 0.374. The van der Waals surface area contributed by atoms with Gasteiger partial charge in [-0.3, -0.25) is 0 Å². The molecule has 0 unspecified atom stereocenters. The van der Waals surface area contributed by atoms with Crippen LogP contribution in [0.15, 0.2) is 18.2 Å². The molecule has 0 aromatic heterocycles. The number of benzene rings is 2. The molecule has 0 bridgehead atoms. The summed E-state index contributed by atoms with van der Waals surface area (Å²) in [7, 11) is 0. The Kier molecular flexibility index (Phi) is 3.71. The van der Waals surface area contributed by atoms with Crippen LogP contribution in [0.4, 0.5) is 39.0 Å². The normalized spacial score (nSPS) is 10.7. The molecule has 3 N–H and O–H groups in total. The first-order valence-electron chi connectivity index (χ1n) is 5.17. The number of nitrogens with one attached hydrogen (secondary N) is 1. The highest BCUT2D eigenvalue weighted by Gasteiger charge is 2.26. The van der Waals surface area contributed by atoms with Crippen LogP contribution in [0.3, 0.4) is 0 Å². The minimum atomic E-state index is -2.23. The molecule has 0 aliphatic carbocycles. The monoisotopic (exact) mass is 308 g/mol. The number of hydrogen-bond acceptors (Lipinski definition) is 2. The second-order valence-corrected chi connectivity index (χ2v) is 4.18. The minimum Gasteiger partial charge on any atom is -0.396 e. The number of anilines is 3. The topological polar surface area (TPSA) is 38.0 Å². The molecule has 2 aromatic carbocycles. The zero-order valence-electron chi connectivity index (χ0n) is 9.58. The maximum absolute atomic E-state index is 13.5. The van der Waals surface area contributed by atoms with Gasteiger partial charge in [-0.2, -0.15) is 0 Å². The Morgan fingerprint density at radius 2 is 1.35 bits per heavy atom. The van der Waals surface area contributed by atoms with E-state index in [4.69, 9.17) is 17.3 Å². The average molecular weight is 309 g/mol. The van der Waals surface area contributed by atoms with Crippen LogP contribution in [0, 0.1) is 29.1 Å². The number of nitrogen functional groups attached to an aromatic ring is 1. The van der Waals surface area contributed by atoms with Crippen LogP contribution in [0.1, 0.15) is 0 Å². The molecule has 0 saturated carbocycles. The molecule has 0 aliphatic heterocycles. The van der Waals surface area contributed by atoms with Gasteiger partial charge in [0.2, 0.25) is 5.82 Å². The van der Waals surface area contributed by atoms with Crippen LogP contribution in [-0.4, -0.2) is 0 Å². The van der Waals surface area contributed by atoms with Crippen molar-refractivity contribution in [2.45, 2.75) is 0 Å². The maximum atomic E-state index is 13.5. The van der Waals surface area contributed by atoms with Crippen LogP contribution in [-0.2, 0) is 0 Å². The smallest absolute Gasteiger partial charge is 0.200 e. The summed E-state index contributed by atoms with van der Waals surface area (Å²) >= 11 is 5.69. The van der Waals surface area contributed by atoms with E-state index in [9.17, 15) is 22.0 Å². The summed E-state index contributed by atoms with van der Waals surface area (Å²) in [6.07, 6.45) is 0. The lowest BCUT2D eigenvalue weighted by atomic mass is 10.2. The van der Waals surface area contributed by atoms with Crippen molar-refractivity contribution in [3.05, 3.63) is 52.3 Å². The Hall–Kier alpha value is -2.02. The van der Waals surface area contributed by atoms with Crippen molar-refractivity contribution in [1.29, 1.82) is 0 Å². The van der Waals surface area contributed by atoms with E-state index in [1.807, 2.05) is 0 Å². The lowest BCUT2D eigenvalue weighted by Gasteiger charge is -2.13. The summed E-state index contributed by atoms with van der Waals surface area (Å²) < 4.78 is 65.9. The van der Waals surface area contributed by atoms with Crippen molar-refractivity contribution in [3.8, 4) is 0 Å². The van der Waals surface area contributed by atoms with Gasteiger partial charge in [-0.25, -0.2) is 22.0 Å². The fraction of sp³-hybridized carbons (Fsp3) is 0. The van der Waals surface area contributed by atoms with Crippen molar-refractivity contribution >= 4 is 28.7 Å². The number of para-hydroxylation sites is 1. The summed E-state index contributed by atoms with van der Waals surface area (Å²) in [6, 6.07) is 4.08. The first-order valence-corrected chi connectivity index (χ1v) is 5.54. The van der Waals surface area contributed by atoms with E-state index < -0.39 is 34.8 Å². The maximum Gasteiger partial charge on any atom is 0.200 e. The molecule has 0 amide bonds. The van der Waals surface area contributed by atoms with Crippen molar-refractivity contribution in [1.82, 2.24) is 0 Å². The molecule has 2 rings (SSSR count). The van der Waals surface area contributed by atoms with Gasteiger partial charge >= 0.3 is 0 Å². The molecule has 106 valence electrons. The van der Waals surface area contributed by atoms with E-state index in [0.29, 0.717) is 0 Å². The molecule has 0 radical (unpaired) electrons. The molecule has 2 aromatic rings. The van der Waals surface area contributed by atoms with Gasteiger partial charge in [0.1, 0.15) is 5.69 Å². The van der Waals surface area contributed by atoms with E-state index in [2.05, 4.69) is 5.32 Å². The number of rotatable bonds is 2. The van der Waals surface area contributed by atoms with E-state index in [0.717, 1.165) is 0 Å². The first-order chi connectivity index (χ1) is 9.34. The third-order valence-electron chi connectivity index (χ3n) is 2.52. The van der Waals surface area contributed by atoms with Crippen LogP contribution in [0.25, 0.3) is 0 Å². The highest BCUT2D eigenvalue weighted by Crippen LogP contribution is 2.33. The molecule has 0 aliphatic rings. The van der Waals surface area contributed by atoms with Crippen molar-refractivity contribution < 1.29 is 22.0 Å². The summed E-state index contributed by atoms with van der Waals surface area (Å²) in [6.45, 7) is 0. The fourth-order valence-corrected chi connectivity index (χ4v) is 1.67. The highest BCUT2D eigenvalue weighted by atomic mass is 35.5. The molecule has 0 saturated heterocycles. The SMILES string of the molecule is Nc1c(Cl)cccc1Nc1c(F)c(F)c(F)c(F)c1F. The average Bonchev–Trinajstić information content (AvgIpc) is 2.43. The van der Waals surface area contributed by atoms with Gasteiger partial charge in [0.25, 0.3) is 0 Å². The summed E-state index contributed by atoms with van der Waals surface area (Å²) in [5, 5.41) is 2.12. The lowest BCUT2D eigenvalue weighted by Crippen LogP contribution is -2.07. The van der Waals surface area contributed by atoms with Crippen LogP contribution in [0.2, 0.25) is 5.02 Å². The van der Waals surface area contributed by atoms with Crippen LogP contribution in [0.5, 0.6) is 0 Å². The van der Waals surface area contributed by atoms with Crippen molar-refractivity contribution in [2.24, 2.45) is 0 Å². The third kappa shape index (κ3) is 2.24. The number of nitrogens with two attached hydrogens (primary N) is 1. The minimum absolute atomic E-state index is 0.0684. The summed E-state index contributed by atoms with van der Waals surface area (Å²) in [5.41, 5.74) is 4.17. The zero-order chi connectivity index (χ0) is 15.0. The second kappa shape index (κ2) is 5.16. The van der Waals surface area contributed by atoms with Gasteiger partial charge in [-0.15, -0.1) is 0 Å². The molecule has 0 atom stereocenters. The van der Waals surface area contributed by atoms with Crippen LogP contribution < -0.4 is 11.1 Å². The second-order valence-electron chi connectivity index (χ2n) is 3.77. The molecule has 0 fully saturated rings. The largest absolute Gasteiger partial charge is 0.396 e.